The van der Waals surface area contributed by atoms with E-state index in [2.05, 4.69) is 15.3 Å². The summed E-state index contributed by atoms with van der Waals surface area (Å²) in [6.45, 7) is 1.43. The van der Waals surface area contributed by atoms with E-state index >= 15 is 0 Å². The van der Waals surface area contributed by atoms with E-state index in [1.807, 2.05) is 0 Å². The van der Waals surface area contributed by atoms with E-state index in [0.717, 1.165) is 0 Å². The summed E-state index contributed by atoms with van der Waals surface area (Å²) >= 11 is 0. The van der Waals surface area contributed by atoms with Crippen molar-refractivity contribution in [1.82, 2.24) is 15.3 Å². The second kappa shape index (κ2) is 5.16. The van der Waals surface area contributed by atoms with Crippen molar-refractivity contribution < 1.29 is 9.59 Å². The number of hydrogen-bond acceptors (Lipinski definition) is 5. The van der Waals surface area contributed by atoms with Crippen molar-refractivity contribution in [2.45, 2.75) is 13.0 Å². The molecule has 0 aliphatic rings. The maximum atomic E-state index is 11.4. The summed E-state index contributed by atoms with van der Waals surface area (Å²) in [5.41, 5.74) is 5.53. The zero-order valence-electron chi connectivity index (χ0n) is 8.30. The number of carbonyl (C=O) groups excluding carboxylic acids is 2. The molecule has 3 N–H and O–H groups in total. The van der Waals surface area contributed by atoms with E-state index < -0.39 is 6.04 Å². The molecule has 0 saturated heterocycles. The molecule has 1 rings (SSSR count). The van der Waals surface area contributed by atoms with E-state index in [0.29, 0.717) is 0 Å². The fourth-order valence-electron chi connectivity index (χ4n) is 0.862. The standard InChI is InChI=1S/C9H12N4O2/c1-6(10)9(15)13-5-8(14)7-4-11-2-3-12-7/h2-4,6H,5,10H2,1H3,(H,13,15)/t6-/m0/s1. The van der Waals surface area contributed by atoms with Crippen molar-refractivity contribution in [2.24, 2.45) is 5.73 Å². The van der Waals surface area contributed by atoms with Crippen LogP contribution in [-0.2, 0) is 4.79 Å². The number of Topliss-reactive ketones (excluding diaryl/α,β-unsaturated/α-hetero) is 1. The molecule has 1 amide bonds. The maximum absolute atomic E-state index is 11.4. The highest BCUT2D eigenvalue weighted by molar-refractivity contribution is 5.97. The van der Waals surface area contributed by atoms with Crippen LogP contribution in [0.4, 0.5) is 0 Å². The third-order valence-electron chi connectivity index (χ3n) is 1.69. The van der Waals surface area contributed by atoms with Gasteiger partial charge in [-0.2, -0.15) is 0 Å². The van der Waals surface area contributed by atoms with Gasteiger partial charge in [-0.25, -0.2) is 4.98 Å². The molecule has 0 unspecified atom stereocenters. The van der Waals surface area contributed by atoms with E-state index in [1.165, 1.54) is 18.6 Å². The van der Waals surface area contributed by atoms with Gasteiger partial charge in [0.2, 0.25) is 11.7 Å². The number of nitrogens with zero attached hydrogens (tertiary/aromatic N) is 2. The van der Waals surface area contributed by atoms with Crippen LogP contribution in [0.1, 0.15) is 17.4 Å². The van der Waals surface area contributed by atoms with Crippen molar-refractivity contribution in [3.63, 3.8) is 0 Å². The Morgan fingerprint density at radius 2 is 2.27 bits per heavy atom. The van der Waals surface area contributed by atoms with Crippen molar-refractivity contribution in [1.29, 1.82) is 0 Å². The summed E-state index contributed by atoms with van der Waals surface area (Å²) in [7, 11) is 0. The second-order valence-corrected chi connectivity index (χ2v) is 3.02. The largest absolute Gasteiger partial charge is 0.347 e. The average molecular weight is 208 g/mol. The molecule has 15 heavy (non-hydrogen) atoms. The number of ketones is 1. The van der Waals surface area contributed by atoms with Gasteiger partial charge in [-0.1, -0.05) is 0 Å². The molecule has 0 spiro atoms. The summed E-state index contributed by atoms with van der Waals surface area (Å²) in [5.74, 6) is -0.663. The molecule has 6 heteroatoms. The molecular weight excluding hydrogens is 196 g/mol. The fraction of sp³-hybridized carbons (Fsp3) is 0.333. The summed E-state index contributed by atoms with van der Waals surface area (Å²) in [4.78, 5) is 30.0. The minimum absolute atomic E-state index is 0.112. The molecule has 0 aromatic carbocycles. The number of amides is 1. The minimum Gasteiger partial charge on any atom is -0.347 e. The molecule has 0 aliphatic carbocycles. The van der Waals surface area contributed by atoms with Gasteiger partial charge < -0.3 is 11.1 Å². The molecule has 0 fully saturated rings. The quantitative estimate of drug-likeness (QED) is 0.626. The van der Waals surface area contributed by atoms with Crippen LogP contribution in [0, 0.1) is 0 Å². The topological polar surface area (TPSA) is 98.0 Å². The highest BCUT2D eigenvalue weighted by Gasteiger charge is 2.11. The second-order valence-electron chi connectivity index (χ2n) is 3.02. The zero-order valence-corrected chi connectivity index (χ0v) is 8.30. The zero-order chi connectivity index (χ0) is 11.3. The smallest absolute Gasteiger partial charge is 0.237 e. The van der Waals surface area contributed by atoms with Crippen LogP contribution in [0.5, 0.6) is 0 Å². The first-order valence-electron chi connectivity index (χ1n) is 4.43. The number of nitrogens with two attached hydrogens (primary N) is 1. The molecule has 0 bridgehead atoms. The van der Waals surface area contributed by atoms with E-state index in [1.54, 1.807) is 6.92 Å². The van der Waals surface area contributed by atoms with Crippen LogP contribution in [0.15, 0.2) is 18.6 Å². The Labute approximate surface area is 86.9 Å². The Morgan fingerprint density at radius 3 is 2.80 bits per heavy atom. The van der Waals surface area contributed by atoms with E-state index in [4.69, 9.17) is 5.73 Å². The minimum atomic E-state index is -0.625. The van der Waals surface area contributed by atoms with Gasteiger partial charge in [-0.3, -0.25) is 14.6 Å². The third kappa shape index (κ3) is 3.43. The molecular formula is C9H12N4O2. The van der Waals surface area contributed by atoms with Gasteiger partial charge in [0, 0.05) is 12.4 Å². The van der Waals surface area contributed by atoms with Gasteiger partial charge in [0.05, 0.1) is 18.8 Å². The molecule has 1 aromatic rings. The van der Waals surface area contributed by atoms with Crippen LogP contribution < -0.4 is 11.1 Å². The van der Waals surface area contributed by atoms with Crippen molar-refractivity contribution in [2.75, 3.05) is 6.54 Å². The van der Waals surface area contributed by atoms with E-state index in [9.17, 15) is 9.59 Å². The number of aromatic nitrogens is 2. The van der Waals surface area contributed by atoms with Gasteiger partial charge in [-0.05, 0) is 6.92 Å². The first-order valence-corrected chi connectivity index (χ1v) is 4.43. The Bertz CT molecular complexity index is 350. The third-order valence-corrected chi connectivity index (χ3v) is 1.69. The van der Waals surface area contributed by atoms with Gasteiger partial charge in [-0.15, -0.1) is 0 Å². The SMILES string of the molecule is C[C@H](N)C(=O)NCC(=O)c1cnccn1. The summed E-state index contributed by atoms with van der Waals surface area (Å²) < 4.78 is 0. The summed E-state index contributed by atoms with van der Waals surface area (Å²) in [6, 6.07) is -0.625. The monoisotopic (exact) mass is 208 g/mol. The van der Waals surface area contributed by atoms with Gasteiger partial charge in [0.1, 0.15) is 5.69 Å². The lowest BCUT2D eigenvalue weighted by Crippen LogP contribution is -2.40. The van der Waals surface area contributed by atoms with Crippen LogP contribution in [-0.4, -0.2) is 34.2 Å². The Kier molecular flexibility index (Phi) is 3.87. The van der Waals surface area contributed by atoms with Crippen LogP contribution in [0.2, 0.25) is 0 Å². The van der Waals surface area contributed by atoms with E-state index in [-0.39, 0.29) is 23.9 Å². The molecule has 1 atom stereocenters. The number of carbonyl (C=O) groups is 2. The van der Waals surface area contributed by atoms with Gasteiger partial charge in [0.25, 0.3) is 0 Å². The Balaban J connectivity index is 2.48. The maximum Gasteiger partial charge on any atom is 0.237 e. The molecule has 80 valence electrons. The average Bonchev–Trinajstić information content (AvgIpc) is 2.26. The number of hydrogen-bond donors (Lipinski definition) is 2. The highest BCUT2D eigenvalue weighted by atomic mass is 16.2. The Hall–Kier alpha value is -1.82. The molecule has 0 aliphatic heterocycles. The van der Waals surface area contributed by atoms with Crippen LogP contribution in [0.25, 0.3) is 0 Å². The first kappa shape index (κ1) is 11.3. The van der Waals surface area contributed by atoms with Crippen LogP contribution in [0.3, 0.4) is 0 Å². The Morgan fingerprint density at radius 1 is 1.53 bits per heavy atom. The predicted octanol–water partition coefficient (Wildman–Crippen LogP) is -0.877. The first-order chi connectivity index (χ1) is 7.11. The molecule has 0 radical (unpaired) electrons. The molecule has 1 aromatic heterocycles. The highest BCUT2D eigenvalue weighted by Crippen LogP contribution is 1.91. The van der Waals surface area contributed by atoms with Crippen molar-refractivity contribution in [3.8, 4) is 0 Å². The molecule has 6 nitrogen and oxygen atoms in total. The lowest BCUT2D eigenvalue weighted by molar-refractivity contribution is -0.121. The number of rotatable bonds is 4. The normalized spacial score (nSPS) is 11.9. The number of nitrogens with one attached hydrogen (secondary N) is 1. The predicted molar refractivity (Wildman–Crippen MR) is 53.0 cm³/mol. The summed E-state index contributed by atoms with van der Waals surface area (Å²) in [5, 5.41) is 2.40. The van der Waals surface area contributed by atoms with Gasteiger partial charge >= 0.3 is 0 Å². The molecule has 0 saturated carbocycles. The van der Waals surface area contributed by atoms with Gasteiger partial charge in [0.15, 0.2) is 0 Å². The molecule has 1 heterocycles. The van der Waals surface area contributed by atoms with Crippen molar-refractivity contribution >= 4 is 11.7 Å². The fourth-order valence-corrected chi connectivity index (χ4v) is 0.862. The lowest BCUT2D eigenvalue weighted by Gasteiger charge is -2.05. The lowest BCUT2D eigenvalue weighted by atomic mass is 10.2. The van der Waals surface area contributed by atoms with Crippen LogP contribution >= 0.6 is 0 Å². The van der Waals surface area contributed by atoms with Crippen molar-refractivity contribution in [3.05, 3.63) is 24.3 Å². The summed E-state index contributed by atoms with van der Waals surface area (Å²) in [6.07, 6.45) is 4.23.